The van der Waals surface area contributed by atoms with Gasteiger partial charge in [-0.05, 0) is 12.8 Å². The van der Waals surface area contributed by atoms with Crippen LogP contribution >= 0.6 is 0 Å². The Hall–Kier alpha value is -1.63. The van der Waals surface area contributed by atoms with Gasteiger partial charge in [0.05, 0.1) is 11.5 Å². The molecule has 1 aliphatic heterocycles. The summed E-state index contributed by atoms with van der Waals surface area (Å²) in [4.78, 5) is 36.3. The van der Waals surface area contributed by atoms with Crippen molar-refractivity contribution < 1.29 is 24.6 Å². The summed E-state index contributed by atoms with van der Waals surface area (Å²) in [7, 11) is 0. The molecule has 7 heteroatoms. The normalized spacial score (nSPS) is 28.6. The topological polar surface area (TPSA) is 121 Å². The Bertz CT molecular complexity index is 430. The lowest BCUT2D eigenvalue weighted by molar-refractivity contribution is -0.154. The lowest BCUT2D eigenvalue weighted by Crippen LogP contribution is -2.46. The van der Waals surface area contributed by atoms with Gasteiger partial charge in [0.2, 0.25) is 11.8 Å². The number of nitrogens with zero attached hydrogens (tertiary/aromatic N) is 1. The van der Waals surface area contributed by atoms with E-state index in [0.29, 0.717) is 12.8 Å². The number of hydrogen-bond acceptors (Lipinski definition) is 4. The van der Waals surface area contributed by atoms with E-state index in [4.69, 9.17) is 5.73 Å². The number of primary amides is 1. The molecule has 2 rings (SSSR count). The van der Waals surface area contributed by atoms with Crippen molar-refractivity contribution in [1.29, 1.82) is 0 Å². The molecule has 0 aromatic rings. The lowest BCUT2D eigenvalue weighted by Gasteiger charge is -2.28. The predicted octanol–water partition coefficient (Wildman–Crippen LogP) is -0.531. The first-order chi connectivity index (χ1) is 9.35. The number of aliphatic hydroxyl groups is 1. The van der Waals surface area contributed by atoms with Crippen LogP contribution in [0.25, 0.3) is 0 Å². The molecule has 0 radical (unpaired) electrons. The molecule has 1 aliphatic carbocycles. The van der Waals surface area contributed by atoms with E-state index < -0.39 is 35.3 Å². The molecule has 2 fully saturated rings. The molecule has 4 N–H and O–H groups in total. The highest BCUT2D eigenvalue weighted by Gasteiger charge is 2.46. The molecule has 2 aliphatic rings. The van der Waals surface area contributed by atoms with Gasteiger partial charge < -0.3 is 20.8 Å². The molecule has 0 spiro atoms. The zero-order valence-corrected chi connectivity index (χ0v) is 11.2. The van der Waals surface area contributed by atoms with Crippen LogP contribution in [0.3, 0.4) is 0 Å². The second kappa shape index (κ2) is 5.40. The first-order valence-electron chi connectivity index (χ1n) is 6.86. The van der Waals surface area contributed by atoms with Gasteiger partial charge in [0.25, 0.3) is 0 Å². The number of aliphatic hydroxyl groups excluding tert-OH is 1. The first kappa shape index (κ1) is 14.8. The van der Waals surface area contributed by atoms with Crippen LogP contribution in [0.15, 0.2) is 0 Å². The molecule has 1 saturated heterocycles. The molecule has 20 heavy (non-hydrogen) atoms. The van der Waals surface area contributed by atoms with Crippen LogP contribution in [0.2, 0.25) is 0 Å². The van der Waals surface area contributed by atoms with Gasteiger partial charge >= 0.3 is 5.97 Å². The van der Waals surface area contributed by atoms with Crippen LogP contribution in [0, 0.1) is 5.41 Å². The summed E-state index contributed by atoms with van der Waals surface area (Å²) in [5.74, 6) is -2.03. The maximum atomic E-state index is 12.3. The number of carboxylic acids is 1. The van der Waals surface area contributed by atoms with E-state index in [1.165, 1.54) is 4.90 Å². The molecule has 2 unspecified atom stereocenters. The predicted molar refractivity (Wildman–Crippen MR) is 68.5 cm³/mol. The van der Waals surface area contributed by atoms with E-state index >= 15 is 0 Å². The van der Waals surface area contributed by atoms with Crippen LogP contribution < -0.4 is 5.73 Å². The molecule has 1 saturated carbocycles. The van der Waals surface area contributed by atoms with Gasteiger partial charge in [0, 0.05) is 19.4 Å². The second-order valence-corrected chi connectivity index (χ2v) is 5.82. The summed E-state index contributed by atoms with van der Waals surface area (Å²) in [5, 5.41) is 19.0. The summed E-state index contributed by atoms with van der Waals surface area (Å²) >= 11 is 0. The highest BCUT2D eigenvalue weighted by molar-refractivity contribution is 5.90. The van der Waals surface area contributed by atoms with E-state index in [9.17, 15) is 24.6 Å². The summed E-state index contributed by atoms with van der Waals surface area (Å²) < 4.78 is 0. The summed E-state index contributed by atoms with van der Waals surface area (Å²) in [6.45, 7) is 0.0438. The van der Waals surface area contributed by atoms with Crippen molar-refractivity contribution in [2.24, 2.45) is 11.1 Å². The van der Waals surface area contributed by atoms with E-state index in [-0.39, 0.29) is 19.4 Å². The van der Waals surface area contributed by atoms with E-state index in [0.717, 1.165) is 12.8 Å². The standard InChI is InChI=1S/C13H20N2O5/c14-11(18)9-5-8(16)7-15(9)10(17)6-13(12(19)20)3-1-2-4-13/h8-9,16H,1-7H2,(H2,14,18)(H,19,20). The highest BCUT2D eigenvalue weighted by atomic mass is 16.4. The summed E-state index contributed by atoms with van der Waals surface area (Å²) in [6.07, 6.45) is 1.76. The van der Waals surface area contributed by atoms with Crippen LogP contribution in [0.4, 0.5) is 0 Å². The van der Waals surface area contributed by atoms with Crippen molar-refractivity contribution in [3.8, 4) is 0 Å². The van der Waals surface area contributed by atoms with Gasteiger partial charge in [0.15, 0.2) is 0 Å². The fourth-order valence-electron chi connectivity index (χ4n) is 3.27. The van der Waals surface area contributed by atoms with E-state index in [1.54, 1.807) is 0 Å². The maximum absolute atomic E-state index is 12.3. The number of carboxylic acid groups (broad SMARTS) is 1. The van der Waals surface area contributed by atoms with Crippen molar-refractivity contribution in [3.05, 3.63) is 0 Å². The third kappa shape index (κ3) is 2.63. The molecule has 7 nitrogen and oxygen atoms in total. The van der Waals surface area contributed by atoms with Gasteiger partial charge in [-0.1, -0.05) is 12.8 Å². The number of carbonyl (C=O) groups is 3. The zero-order valence-electron chi connectivity index (χ0n) is 11.2. The third-order valence-electron chi connectivity index (χ3n) is 4.43. The Kier molecular flexibility index (Phi) is 3.99. The third-order valence-corrected chi connectivity index (χ3v) is 4.43. The van der Waals surface area contributed by atoms with Crippen molar-refractivity contribution in [3.63, 3.8) is 0 Å². The van der Waals surface area contributed by atoms with Crippen LogP contribution in [-0.4, -0.2) is 51.6 Å². The van der Waals surface area contributed by atoms with Gasteiger partial charge in [-0.2, -0.15) is 0 Å². The smallest absolute Gasteiger partial charge is 0.310 e. The van der Waals surface area contributed by atoms with Crippen molar-refractivity contribution in [1.82, 2.24) is 4.90 Å². The van der Waals surface area contributed by atoms with Gasteiger partial charge in [0.1, 0.15) is 6.04 Å². The average Bonchev–Trinajstić information content (AvgIpc) is 2.96. The molecule has 2 amide bonds. The number of likely N-dealkylation sites (tertiary alicyclic amines) is 1. The monoisotopic (exact) mass is 284 g/mol. The molecule has 1 heterocycles. The number of rotatable bonds is 4. The molecular weight excluding hydrogens is 264 g/mol. The second-order valence-electron chi connectivity index (χ2n) is 5.82. The Morgan fingerprint density at radius 3 is 2.35 bits per heavy atom. The number of aliphatic carboxylic acids is 1. The Balaban J connectivity index is 2.11. The van der Waals surface area contributed by atoms with Crippen molar-refractivity contribution in [2.75, 3.05) is 6.54 Å². The number of β-amino-alcohol motifs (C(OH)–C–C–N with tert-alkyl or cyclic N) is 1. The largest absolute Gasteiger partial charge is 0.481 e. The minimum atomic E-state index is -1.02. The van der Waals surface area contributed by atoms with Crippen molar-refractivity contribution >= 4 is 17.8 Å². The molecule has 0 bridgehead atoms. The Morgan fingerprint density at radius 1 is 1.25 bits per heavy atom. The van der Waals surface area contributed by atoms with Gasteiger partial charge in [-0.25, -0.2) is 0 Å². The molecule has 0 aromatic carbocycles. The van der Waals surface area contributed by atoms with Gasteiger partial charge in [-0.15, -0.1) is 0 Å². The fourth-order valence-corrected chi connectivity index (χ4v) is 3.27. The lowest BCUT2D eigenvalue weighted by atomic mass is 9.82. The van der Waals surface area contributed by atoms with Gasteiger partial charge in [-0.3, -0.25) is 14.4 Å². The number of nitrogens with two attached hydrogens (primary N) is 1. The molecule has 0 aromatic heterocycles. The summed E-state index contributed by atoms with van der Waals surface area (Å²) in [6, 6.07) is -0.829. The number of amides is 2. The van der Waals surface area contributed by atoms with Crippen LogP contribution in [-0.2, 0) is 14.4 Å². The molecule has 112 valence electrons. The Labute approximate surface area is 116 Å². The molecule has 2 atom stereocenters. The van der Waals surface area contributed by atoms with E-state index in [1.807, 2.05) is 0 Å². The SMILES string of the molecule is NC(=O)C1CC(O)CN1C(=O)CC1(C(=O)O)CCCC1. The first-order valence-corrected chi connectivity index (χ1v) is 6.86. The highest BCUT2D eigenvalue weighted by Crippen LogP contribution is 2.42. The zero-order chi connectivity index (χ0) is 14.9. The molecular formula is C13H20N2O5. The fraction of sp³-hybridized carbons (Fsp3) is 0.769. The maximum Gasteiger partial charge on any atom is 0.310 e. The quantitative estimate of drug-likeness (QED) is 0.640. The van der Waals surface area contributed by atoms with Crippen LogP contribution in [0.1, 0.15) is 38.5 Å². The van der Waals surface area contributed by atoms with Crippen LogP contribution in [0.5, 0.6) is 0 Å². The average molecular weight is 284 g/mol. The Morgan fingerprint density at radius 2 is 1.85 bits per heavy atom. The summed E-state index contributed by atoms with van der Waals surface area (Å²) in [5.41, 5.74) is 4.21. The minimum absolute atomic E-state index is 0.0438. The minimum Gasteiger partial charge on any atom is -0.481 e. The van der Waals surface area contributed by atoms with E-state index in [2.05, 4.69) is 0 Å². The van der Waals surface area contributed by atoms with Crippen molar-refractivity contribution in [2.45, 2.75) is 50.7 Å². The number of carbonyl (C=O) groups excluding carboxylic acids is 2. The number of hydrogen-bond donors (Lipinski definition) is 3.